The summed E-state index contributed by atoms with van der Waals surface area (Å²) in [6.07, 6.45) is 4.31. The van der Waals surface area contributed by atoms with Gasteiger partial charge in [-0.2, -0.15) is 0 Å². The topological polar surface area (TPSA) is 20.3 Å². The van der Waals surface area contributed by atoms with Crippen molar-refractivity contribution in [2.75, 3.05) is 7.05 Å². The number of hydrogen-bond acceptors (Lipinski definition) is 1. The van der Waals surface area contributed by atoms with Crippen molar-refractivity contribution in [3.05, 3.63) is 11.3 Å². The fraction of sp³-hybridized carbons (Fsp3) is 0.727. The molecule has 2 rings (SSSR count). The Bertz CT molecular complexity index is 292. The van der Waals surface area contributed by atoms with E-state index in [0.29, 0.717) is 5.91 Å². The second-order valence-corrected chi connectivity index (χ2v) is 4.67. The molecule has 1 aliphatic carbocycles. The van der Waals surface area contributed by atoms with Crippen molar-refractivity contribution in [1.29, 1.82) is 0 Å². The number of rotatable bonds is 0. The van der Waals surface area contributed by atoms with Crippen molar-refractivity contribution in [1.82, 2.24) is 4.90 Å². The van der Waals surface area contributed by atoms with Gasteiger partial charge in [-0.05, 0) is 26.2 Å². The molecule has 1 saturated heterocycles. The summed E-state index contributed by atoms with van der Waals surface area (Å²) in [7, 11) is 1.91. The molecule has 0 spiro atoms. The Balaban J connectivity index is 2.48. The van der Waals surface area contributed by atoms with Crippen LogP contribution in [0.15, 0.2) is 11.3 Å². The second-order valence-electron chi connectivity index (χ2n) is 4.67. The number of likely N-dealkylation sites (tertiary alicyclic amines) is 1. The number of carbonyl (C=O) groups is 1. The fourth-order valence-electron chi connectivity index (χ4n) is 2.94. The molecule has 0 aromatic heterocycles. The molecule has 0 aromatic rings. The van der Waals surface area contributed by atoms with Gasteiger partial charge in [0.2, 0.25) is 5.91 Å². The van der Waals surface area contributed by atoms with Crippen molar-refractivity contribution >= 4 is 5.91 Å². The molecular weight excluding hydrogens is 162 g/mol. The molecule has 1 fully saturated rings. The summed E-state index contributed by atoms with van der Waals surface area (Å²) in [6.45, 7) is 4.40. The van der Waals surface area contributed by atoms with Gasteiger partial charge in [0.1, 0.15) is 0 Å². The number of carbonyl (C=O) groups excluding carboxylic acids is 1. The maximum Gasteiger partial charge on any atom is 0.227 e. The van der Waals surface area contributed by atoms with Gasteiger partial charge in [0.15, 0.2) is 0 Å². The zero-order valence-corrected chi connectivity index (χ0v) is 8.68. The quantitative estimate of drug-likeness (QED) is 0.559. The number of allylic oxidation sites excluding steroid dienone is 2. The van der Waals surface area contributed by atoms with Crippen LogP contribution in [0.2, 0.25) is 0 Å². The number of fused-ring (bicyclic) bond motifs is 1. The lowest BCUT2D eigenvalue weighted by Crippen LogP contribution is -2.25. The van der Waals surface area contributed by atoms with Gasteiger partial charge in [-0.3, -0.25) is 4.79 Å². The summed E-state index contributed by atoms with van der Waals surface area (Å²) in [5, 5.41) is 0. The molecule has 0 bridgehead atoms. The predicted octanol–water partition coefficient (Wildman–Crippen LogP) is 2.31. The van der Waals surface area contributed by atoms with E-state index in [9.17, 15) is 4.79 Å². The molecule has 2 heteroatoms. The van der Waals surface area contributed by atoms with Crippen LogP contribution in [0.25, 0.3) is 0 Å². The Labute approximate surface area is 79.6 Å². The van der Waals surface area contributed by atoms with Crippen molar-refractivity contribution in [3.63, 3.8) is 0 Å². The van der Waals surface area contributed by atoms with Crippen LogP contribution >= 0.6 is 0 Å². The normalized spacial score (nSPS) is 34.1. The maximum absolute atomic E-state index is 11.6. The molecule has 1 unspecified atom stereocenters. The molecule has 72 valence electrons. The summed E-state index contributed by atoms with van der Waals surface area (Å²) >= 11 is 0. The summed E-state index contributed by atoms with van der Waals surface area (Å²) in [6, 6.07) is 0. The highest BCUT2D eigenvalue weighted by Gasteiger charge is 2.44. The van der Waals surface area contributed by atoms with Crippen molar-refractivity contribution in [3.8, 4) is 0 Å². The van der Waals surface area contributed by atoms with Crippen LogP contribution in [0, 0.1) is 5.41 Å². The first-order valence-corrected chi connectivity index (χ1v) is 5.01. The third kappa shape index (κ3) is 1.11. The first-order valence-electron chi connectivity index (χ1n) is 5.01. The summed E-state index contributed by atoms with van der Waals surface area (Å²) < 4.78 is 0. The summed E-state index contributed by atoms with van der Waals surface area (Å²) in [5.41, 5.74) is 2.89. The zero-order valence-electron chi connectivity index (χ0n) is 8.68. The van der Waals surface area contributed by atoms with Crippen LogP contribution < -0.4 is 0 Å². The lowest BCUT2D eigenvalue weighted by Gasteiger charge is -2.32. The Morgan fingerprint density at radius 1 is 1.46 bits per heavy atom. The first-order chi connectivity index (χ1) is 6.04. The van der Waals surface area contributed by atoms with Gasteiger partial charge >= 0.3 is 0 Å². The van der Waals surface area contributed by atoms with Crippen LogP contribution in [0.1, 0.15) is 39.5 Å². The van der Waals surface area contributed by atoms with E-state index in [1.54, 1.807) is 0 Å². The van der Waals surface area contributed by atoms with E-state index in [0.717, 1.165) is 6.42 Å². The molecule has 1 heterocycles. The van der Waals surface area contributed by atoms with Gasteiger partial charge in [0, 0.05) is 24.6 Å². The van der Waals surface area contributed by atoms with Crippen LogP contribution in [-0.4, -0.2) is 17.9 Å². The van der Waals surface area contributed by atoms with Crippen LogP contribution in [0.3, 0.4) is 0 Å². The van der Waals surface area contributed by atoms with Crippen molar-refractivity contribution in [2.45, 2.75) is 39.5 Å². The Kier molecular flexibility index (Phi) is 1.76. The van der Waals surface area contributed by atoms with Gasteiger partial charge in [0.05, 0.1) is 0 Å². The van der Waals surface area contributed by atoms with Crippen LogP contribution in [0.4, 0.5) is 0 Å². The standard InChI is InChI=1S/C11H17NO/c1-8-5-4-6-11(2)7-9(13)12(3)10(8)11/h4-7H2,1-3H3. The molecule has 0 radical (unpaired) electrons. The van der Waals surface area contributed by atoms with E-state index >= 15 is 0 Å². The van der Waals surface area contributed by atoms with E-state index in [1.165, 1.54) is 30.5 Å². The molecular formula is C11H17NO. The third-order valence-corrected chi connectivity index (χ3v) is 3.51. The van der Waals surface area contributed by atoms with E-state index in [2.05, 4.69) is 13.8 Å². The van der Waals surface area contributed by atoms with Gasteiger partial charge in [-0.15, -0.1) is 0 Å². The highest BCUT2D eigenvalue weighted by molar-refractivity contribution is 5.83. The minimum absolute atomic E-state index is 0.161. The maximum atomic E-state index is 11.6. The fourth-order valence-corrected chi connectivity index (χ4v) is 2.94. The predicted molar refractivity (Wildman–Crippen MR) is 52.0 cm³/mol. The Morgan fingerprint density at radius 3 is 2.77 bits per heavy atom. The van der Waals surface area contributed by atoms with Gasteiger partial charge in [-0.1, -0.05) is 12.5 Å². The molecule has 1 atom stereocenters. The van der Waals surface area contributed by atoms with E-state index in [1.807, 2.05) is 11.9 Å². The molecule has 2 nitrogen and oxygen atoms in total. The van der Waals surface area contributed by atoms with E-state index in [4.69, 9.17) is 0 Å². The Hall–Kier alpha value is -0.790. The first kappa shape index (κ1) is 8.79. The number of nitrogens with zero attached hydrogens (tertiary/aromatic N) is 1. The van der Waals surface area contributed by atoms with Crippen molar-refractivity contribution in [2.24, 2.45) is 5.41 Å². The molecule has 0 N–H and O–H groups in total. The summed E-state index contributed by atoms with van der Waals surface area (Å²) in [4.78, 5) is 13.5. The van der Waals surface area contributed by atoms with Gasteiger partial charge in [-0.25, -0.2) is 0 Å². The molecule has 1 amide bonds. The van der Waals surface area contributed by atoms with Crippen LogP contribution in [0.5, 0.6) is 0 Å². The molecule has 0 saturated carbocycles. The minimum atomic E-state index is 0.161. The van der Waals surface area contributed by atoms with Gasteiger partial charge < -0.3 is 4.90 Å². The molecule has 13 heavy (non-hydrogen) atoms. The molecule has 1 aliphatic heterocycles. The van der Waals surface area contributed by atoms with Crippen LogP contribution in [-0.2, 0) is 4.79 Å². The Morgan fingerprint density at radius 2 is 2.15 bits per heavy atom. The highest BCUT2D eigenvalue weighted by atomic mass is 16.2. The van der Waals surface area contributed by atoms with E-state index < -0.39 is 0 Å². The largest absolute Gasteiger partial charge is 0.319 e. The smallest absolute Gasteiger partial charge is 0.227 e. The lowest BCUT2D eigenvalue weighted by atomic mass is 9.75. The third-order valence-electron chi connectivity index (χ3n) is 3.51. The molecule has 2 aliphatic rings. The SMILES string of the molecule is CC1=C2N(C)C(=O)CC2(C)CCC1. The van der Waals surface area contributed by atoms with Crippen molar-refractivity contribution < 1.29 is 4.79 Å². The second kappa shape index (κ2) is 2.60. The molecule has 0 aromatic carbocycles. The highest BCUT2D eigenvalue weighted by Crippen LogP contribution is 2.48. The van der Waals surface area contributed by atoms with E-state index in [-0.39, 0.29) is 5.41 Å². The summed E-state index contributed by atoms with van der Waals surface area (Å²) in [5.74, 6) is 0.291. The average molecular weight is 179 g/mol. The zero-order chi connectivity index (χ0) is 9.64. The monoisotopic (exact) mass is 179 g/mol. The lowest BCUT2D eigenvalue weighted by molar-refractivity contribution is -0.126. The average Bonchev–Trinajstić information content (AvgIpc) is 2.24. The van der Waals surface area contributed by atoms with Gasteiger partial charge in [0.25, 0.3) is 0 Å². The number of hydrogen-bond donors (Lipinski definition) is 0. The number of amides is 1. The minimum Gasteiger partial charge on any atom is -0.319 e.